The van der Waals surface area contributed by atoms with E-state index in [4.69, 9.17) is 0 Å². The van der Waals surface area contributed by atoms with Gasteiger partial charge in [-0.2, -0.15) is 0 Å². The van der Waals surface area contributed by atoms with Crippen molar-refractivity contribution in [2.75, 3.05) is 13.1 Å². The minimum Gasteiger partial charge on any atom is -0.356 e. The number of rotatable bonds is 7. The molecule has 0 aromatic carbocycles. The number of hydrogen-bond acceptors (Lipinski definition) is 3. The lowest BCUT2D eigenvalue weighted by atomic mass is 10.1. The molecule has 94 valence electrons. The van der Waals surface area contributed by atoms with Crippen molar-refractivity contribution in [3.05, 3.63) is 30.1 Å². The van der Waals surface area contributed by atoms with Crippen LogP contribution in [0.1, 0.15) is 38.3 Å². The second-order valence-corrected chi connectivity index (χ2v) is 4.06. The molecule has 4 nitrogen and oxygen atoms in total. The van der Waals surface area contributed by atoms with Crippen LogP contribution in [0.2, 0.25) is 0 Å². The Hall–Kier alpha value is -1.42. The van der Waals surface area contributed by atoms with Gasteiger partial charge in [-0.25, -0.2) is 0 Å². The number of hydrogen-bond donors (Lipinski definition) is 2. The maximum atomic E-state index is 11.4. The molecule has 0 aliphatic carbocycles. The van der Waals surface area contributed by atoms with Gasteiger partial charge in [-0.1, -0.05) is 6.92 Å². The maximum Gasteiger partial charge on any atom is 0.221 e. The van der Waals surface area contributed by atoms with Gasteiger partial charge in [-0.15, -0.1) is 0 Å². The van der Waals surface area contributed by atoms with Crippen molar-refractivity contribution in [3.8, 4) is 0 Å². The zero-order chi connectivity index (χ0) is 12.5. The third-order valence-electron chi connectivity index (χ3n) is 2.58. The van der Waals surface area contributed by atoms with Gasteiger partial charge in [0, 0.05) is 37.9 Å². The Kier molecular flexibility index (Phi) is 6.25. The fraction of sp³-hybridized carbons (Fsp3) is 0.538. The molecule has 1 heterocycles. The first kappa shape index (κ1) is 13.6. The topological polar surface area (TPSA) is 54.0 Å². The summed E-state index contributed by atoms with van der Waals surface area (Å²) in [7, 11) is 0. The van der Waals surface area contributed by atoms with E-state index in [-0.39, 0.29) is 11.9 Å². The van der Waals surface area contributed by atoms with Gasteiger partial charge in [0.25, 0.3) is 0 Å². The Bertz CT molecular complexity index is 327. The van der Waals surface area contributed by atoms with Gasteiger partial charge in [-0.05, 0) is 31.0 Å². The van der Waals surface area contributed by atoms with Gasteiger partial charge in [0.15, 0.2) is 0 Å². The summed E-state index contributed by atoms with van der Waals surface area (Å²) in [6, 6.07) is 4.21. The van der Waals surface area contributed by atoms with Crippen LogP contribution >= 0.6 is 0 Å². The molecule has 0 saturated carbocycles. The lowest BCUT2D eigenvalue weighted by Gasteiger charge is -2.13. The quantitative estimate of drug-likeness (QED) is 0.755. The number of nitrogens with one attached hydrogen (secondary N) is 2. The Morgan fingerprint density at radius 2 is 2.06 bits per heavy atom. The van der Waals surface area contributed by atoms with Gasteiger partial charge in [0.1, 0.15) is 0 Å². The Morgan fingerprint density at radius 3 is 2.71 bits per heavy atom. The van der Waals surface area contributed by atoms with Crippen LogP contribution in [0.15, 0.2) is 24.5 Å². The first-order chi connectivity index (χ1) is 8.24. The zero-order valence-corrected chi connectivity index (χ0v) is 10.6. The normalized spacial score (nSPS) is 12.1. The van der Waals surface area contributed by atoms with Crippen molar-refractivity contribution >= 4 is 5.91 Å². The average molecular weight is 235 g/mol. The van der Waals surface area contributed by atoms with E-state index in [0.717, 1.165) is 13.0 Å². The maximum absolute atomic E-state index is 11.4. The number of amides is 1. The number of aromatic nitrogens is 1. The van der Waals surface area contributed by atoms with E-state index in [0.29, 0.717) is 13.0 Å². The van der Waals surface area contributed by atoms with Crippen molar-refractivity contribution in [3.63, 3.8) is 0 Å². The molecule has 4 heteroatoms. The molecule has 17 heavy (non-hydrogen) atoms. The van der Waals surface area contributed by atoms with E-state index in [1.165, 1.54) is 5.56 Å². The molecule has 0 fully saturated rings. The lowest BCUT2D eigenvalue weighted by molar-refractivity contribution is -0.121. The molecule has 1 atom stereocenters. The molecule has 1 amide bonds. The number of nitrogens with zero attached hydrogens (tertiary/aromatic N) is 1. The highest BCUT2D eigenvalue weighted by Crippen LogP contribution is 2.09. The molecular weight excluding hydrogens is 214 g/mol. The van der Waals surface area contributed by atoms with E-state index < -0.39 is 0 Å². The summed E-state index contributed by atoms with van der Waals surface area (Å²) in [5, 5.41) is 6.17. The van der Waals surface area contributed by atoms with Crippen molar-refractivity contribution in [2.24, 2.45) is 0 Å². The Balaban J connectivity index is 2.20. The lowest BCUT2D eigenvalue weighted by Crippen LogP contribution is -2.29. The van der Waals surface area contributed by atoms with Crippen LogP contribution < -0.4 is 10.6 Å². The zero-order valence-electron chi connectivity index (χ0n) is 10.6. The third-order valence-corrected chi connectivity index (χ3v) is 2.58. The summed E-state index contributed by atoms with van der Waals surface area (Å²) in [5.41, 5.74) is 1.19. The highest BCUT2D eigenvalue weighted by molar-refractivity contribution is 5.75. The smallest absolute Gasteiger partial charge is 0.221 e. The molecule has 1 aromatic rings. The Labute approximate surface area is 103 Å². The molecule has 1 unspecified atom stereocenters. The summed E-state index contributed by atoms with van der Waals surface area (Å²) in [6.07, 6.45) is 5.06. The first-order valence-electron chi connectivity index (χ1n) is 6.14. The van der Waals surface area contributed by atoms with Crippen LogP contribution in [0.5, 0.6) is 0 Å². The van der Waals surface area contributed by atoms with Crippen LogP contribution in [0.4, 0.5) is 0 Å². The first-order valence-corrected chi connectivity index (χ1v) is 6.14. The van der Waals surface area contributed by atoms with Gasteiger partial charge in [-0.3, -0.25) is 9.78 Å². The van der Waals surface area contributed by atoms with Gasteiger partial charge < -0.3 is 10.6 Å². The average Bonchev–Trinajstić information content (AvgIpc) is 2.37. The molecule has 0 aliphatic rings. The van der Waals surface area contributed by atoms with Crippen LogP contribution in [0, 0.1) is 0 Å². The summed E-state index contributed by atoms with van der Waals surface area (Å²) in [5.74, 6) is 0.112. The van der Waals surface area contributed by atoms with Crippen molar-refractivity contribution < 1.29 is 4.79 Å². The fourth-order valence-electron chi connectivity index (χ4n) is 1.52. The van der Waals surface area contributed by atoms with Crippen LogP contribution in [0.3, 0.4) is 0 Å². The monoisotopic (exact) mass is 235 g/mol. The van der Waals surface area contributed by atoms with Crippen molar-refractivity contribution in [1.82, 2.24) is 15.6 Å². The minimum absolute atomic E-state index is 0.112. The summed E-state index contributed by atoms with van der Waals surface area (Å²) in [4.78, 5) is 15.3. The van der Waals surface area contributed by atoms with E-state index in [1.807, 2.05) is 19.1 Å². The van der Waals surface area contributed by atoms with E-state index in [1.54, 1.807) is 12.4 Å². The largest absolute Gasteiger partial charge is 0.356 e. The number of carbonyl (C=O) groups excluding carboxylic acids is 1. The highest BCUT2D eigenvalue weighted by Gasteiger charge is 2.05. The Morgan fingerprint density at radius 1 is 1.35 bits per heavy atom. The van der Waals surface area contributed by atoms with Gasteiger partial charge >= 0.3 is 0 Å². The van der Waals surface area contributed by atoms with Crippen LogP contribution in [0.25, 0.3) is 0 Å². The molecule has 0 spiro atoms. The standard InChI is InChI=1S/C13H21N3O/c1-3-7-16-13(17)6-10-15-11(2)12-4-8-14-9-5-12/h4-5,8-9,11,15H,3,6-7,10H2,1-2H3,(H,16,17). The highest BCUT2D eigenvalue weighted by atomic mass is 16.1. The second-order valence-electron chi connectivity index (χ2n) is 4.06. The SMILES string of the molecule is CCCNC(=O)CCNC(C)c1ccncc1. The summed E-state index contributed by atoms with van der Waals surface area (Å²) >= 11 is 0. The van der Waals surface area contributed by atoms with E-state index >= 15 is 0 Å². The molecule has 0 saturated heterocycles. The van der Waals surface area contributed by atoms with Gasteiger partial charge in [0.2, 0.25) is 5.91 Å². The summed E-state index contributed by atoms with van der Waals surface area (Å²) < 4.78 is 0. The minimum atomic E-state index is 0.112. The molecule has 2 N–H and O–H groups in total. The van der Waals surface area contributed by atoms with Crippen molar-refractivity contribution in [1.29, 1.82) is 0 Å². The third kappa shape index (κ3) is 5.45. The predicted molar refractivity (Wildman–Crippen MR) is 68.6 cm³/mol. The number of pyridine rings is 1. The predicted octanol–water partition coefficient (Wildman–Crippen LogP) is 1.65. The van der Waals surface area contributed by atoms with Crippen LogP contribution in [-0.4, -0.2) is 24.0 Å². The molecular formula is C13H21N3O. The molecule has 0 radical (unpaired) electrons. The van der Waals surface area contributed by atoms with Crippen molar-refractivity contribution in [2.45, 2.75) is 32.7 Å². The fourth-order valence-corrected chi connectivity index (χ4v) is 1.52. The second kappa shape index (κ2) is 7.79. The van der Waals surface area contributed by atoms with Gasteiger partial charge in [0.05, 0.1) is 0 Å². The van der Waals surface area contributed by atoms with E-state index in [2.05, 4.69) is 22.5 Å². The molecule has 0 aliphatic heterocycles. The summed E-state index contributed by atoms with van der Waals surface area (Å²) in [6.45, 7) is 5.58. The molecule has 0 bridgehead atoms. The molecule has 1 aromatic heterocycles. The van der Waals surface area contributed by atoms with E-state index in [9.17, 15) is 4.79 Å². The van der Waals surface area contributed by atoms with Crippen LogP contribution in [-0.2, 0) is 4.79 Å². The number of carbonyl (C=O) groups is 1. The molecule has 1 rings (SSSR count).